The normalized spacial score (nSPS) is 22.5. The summed E-state index contributed by atoms with van der Waals surface area (Å²) >= 11 is 0. The molecule has 1 unspecified atom stereocenters. The van der Waals surface area contributed by atoms with E-state index in [1.807, 2.05) is 20.8 Å². The van der Waals surface area contributed by atoms with Crippen LogP contribution in [0.25, 0.3) is 0 Å². The number of aliphatic hydroxyl groups excluding tert-OH is 1. The van der Waals surface area contributed by atoms with E-state index in [0.29, 0.717) is 25.3 Å². The van der Waals surface area contributed by atoms with Crippen molar-refractivity contribution in [2.75, 3.05) is 26.8 Å². The average Bonchev–Trinajstić information content (AvgIpc) is 3.21. The van der Waals surface area contributed by atoms with Crippen LogP contribution in [0.3, 0.4) is 0 Å². The number of nitrogens with one attached hydrogen (secondary N) is 2. The molecule has 0 radical (unpaired) electrons. The Balaban J connectivity index is -0.000000609. The highest BCUT2D eigenvalue weighted by molar-refractivity contribution is 5.89. The molecule has 0 bridgehead atoms. The van der Waals surface area contributed by atoms with Gasteiger partial charge in [-0.05, 0) is 58.3 Å². The van der Waals surface area contributed by atoms with Crippen molar-refractivity contribution in [3.8, 4) is 0 Å². The number of amides is 3. The summed E-state index contributed by atoms with van der Waals surface area (Å²) < 4.78 is 4.94. The smallest absolute Gasteiger partial charge is 0.243 e. The molecule has 35 heavy (non-hydrogen) atoms. The molecule has 2 fully saturated rings. The molecule has 2 rings (SSSR count). The van der Waals surface area contributed by atoms with Crippen molar-refractivity contribution >= 4 is 18.2 Å². The van der Waals surface area contributed by atoms with E-state index in [2.05, 4.69) is 52.2 Å². The summed E-state index contributed by atoms with van der Waals surface area (Å²) in [5.41, 5.74) is -0.477. The Morgan fingerprint density at radius 1 is 1.20 bits per heavy atom. The van der Waals surface area contributed by atoms with Crippen LogP contribution < -0.4 is 10.6 Å². The maximum absolute atomic E-state index is 12.4. The minimum Gasteiger partial charge on any atom is -0.394 e. The number of ether oxygens (including phenoxy) is 1. The minimum atomic E-state index is -0.519. The van der Waals surface area contributed by atoms with Crippen LogP contribution in [0.4, 0.5) is 0 Å². The van der Waals surface area contributed by atoms with E-state index < -0.39 is 11.6 Å². The average molecular weight is 504 g/mol. The molecule has 0 aromatic heterocycles. The van der Waals surface area contributed by atoms with Crippen LogP contribution >= 0.6 is 0 Å². The van der Waals surface area contributed by atoms with Crippen molar-refractivity contribution in [1.29, 1.82) is 0 Å². The zero-order valence-corrected chi connectivity index (χ0v) is 23.5. The number of rotatable bonds is 6. The van der Waals surface area contributed by atoms with Gasteiger partial charge in [-0.1, -0.05) is 55.4 Å². The summed E-state index contributed by atoms with van der Waals surface area (Å²) in [4.78, 5) is 36.1. The number of carbonyl (C=O) groups is 3. The fraction of sp³-hybridized carbons (Fsp3) is 0.889. The highest BCUT2D eigenvalue weighted by atomic mass is 16.5. The fourth-order valence-corrected chi connectivity index (χ4v) is 3.46. The lowest BCUT2D eigenvalue weighted by atomic mass is 9.69. The predicted octanol–water partition coefficient (Wildman–Crippen LogP) is 4.15. The molecular weight excluding hydrogens is 446 g/mol. The number of aliphatic hydroxyl groups is 1. The van der Waals surface area contributed by atoms with Crippen molar-refractivity contribution in [3.05, 3.63) is 0 Å². The number of likely N-dealkylation sites (tertiary alicyclic amines) is 1. The number of nitrogens with zero attached hydrogens (tertiary/aromatic N) is 1. The first-order valence-corrected chi connectivity index (χ1v) is 12.7. The second-order valence-electron chi connectivity index (χ2n) is 10.9. The molecule has 8 heteroatoms. The van der Waals surface area contributed by atoms with Crippen molar-refractivity contribution in [2.24, 2.45) is 11.8 Å². The van der Waals surface area contributed by atoms with Gasteiger partial charge in [-0.25, -0.2) is 0 Å². The zero-order valence-electron chi connectivity index (χ0n) is 23.5. The Kier molecular flexibility index (Phi) is 21.1. The van der Waals surface area contributed by atoms with E-state index >= 15 is 0 Å². The third-order valence-electron chi connectivity index (χ3n) is 4.99. The zero-order chi connectivity index (χ0) is 26.9. The summed E-state index contributed by atoms with van der Waals surface area (Å²) in [6.07, 6.45) is 4.65. The van der Waals surface area contributed by atoms with E-state index in [4.69, 9.17) is 4.74 Å². The Morgan fingerprint density at radius 2 is 1.66 bits per heavy atom. The predicted molar refractivity (Wildman–Crippen MR) is 145 cm³/mol. The number of methoxy groups -OCH3 is 1. The second-order valence-corrected chi connectivity index (χ2v) is 10.9. The topological polar surface area (TPSA) is 108 Å². The Bertz CT molecular complexity index is 567. The van der Waals surface area contributed by atoms with Crippen molar-refractivity contribution in [1.82, 2.24) is 15.5 Å². The number of hydrogen-bond acceptors (Lipinski definition) is 5. The van der Waals surface area contributed by atoms with E-state index in [0.717, 1.165) is 25.2 Å². The molecule has 1 saturated heterocycles. The largest absolute Gasteiger partial charge is 0.394 e. The van der Waals surface area contributed by atoms with Gasteiger partial charge in [-0.15, -0.1) is 0 Å². The minimum absolute atomic E-state index is 0. The summed E-state index contributed by atoms with van der Waals surface area (Å²) in [6, 6.07) is -0.495. The van der Waals surface area contributed by atoms with Gasteiger partial charge in [0.25, 0.3) is 0 Å². The van der Waals surface area contributed by atoms with Crippen LogP contribution in [-0.2, 0) is 19.1 Å². The molecule has 1 aliphatic heterocycles. The molecule has 8 nitrogen and oxygen atoms in total. The molecule has 1 heterocycles. The maximum Gasteiger partial charge on any atom is 0.243 e. The number of carbonyl (C=O) groups excluding carboxylic acids is 3. The molecule has 1 atom stereocenters. The summed E-state index contributed by atoms with van der Waals surface area (Å²) in [5.74, 6) is 0.878. The molecule has 210 valence electrons. The Hall–Kier alpha value is -1.67. The fourth-order valence-electron chi connectivity index (χ4n) is 3.46. The van der Waals surface area contributed by atoms with Crippen LogP contribution in [0.5, 0.6) is 0 Å². The van der Waals surface area contributed by atoms with Crippen molar-refractivity contribution in [2.45, 2.75) is 119 Å². The van der Waals surface area contributed by atoms with Gasteiger partial charge in [0.1, 0.15) is 6.04 Å². The summed E-state index contributed by atoms with van der Waals surface area (Å²) in [5, 5.41) is 14.7. The highest BCUT2D eigenvalue weighted by Gasteiger charge is 2.45. The Labute approximate surface area is 215 Å². The first-order valence-electron chi connectivity index (χ1n) is 12.7. The first kappa shape index (κ1) is 37.9. The second kappa shape index (κ2) is 19.5. The molecule has 2 aliphatic rings. The van der Waals surface area contributed by atoms with Gasteiger partial charge >= 0.3 is 0 Å². The molecule has 3 N–H and O–H groups in total. The van der Waals surface area contributed by atoms with Gasteiger partial charge in [-0.2, -0.15) is 0 Å². The van der Waals surface area contributed by atoms with E-state index in [1.54, 1.807) is 7.11 Å². The highest BCUT2D eigenvalue weighted by Crippen LogP contribution is 2.37. The third kappa shape index (κ3) is 17.4. The van der Waals surface area contributed by atoms with Gasteiger partial charge in [0.2, 0.25) is 18.2 Å². The van der Waals surface area contributed by atoms with Crippen LogP contribution in [0.1, 0.15) is 102 Å². The summed E-state index contributed by atoms with van der Waals surface area (Å²) in [7, 11) is 1.71. The van der Waals surface area contributed by atoms with E-state index in [-0.39, 0.29) is 38.0 Å². The van der Waals surface area contributed by atoms with E-state index in [1.165, 1.54) is 11.3 Å². The van der Waals surface area contributed by atoms with Gasteiger partial charge in [0.15, 0.2) is 0 Å². The SMILES string of the molecule is C.CC(C)C.CC1CC(CO)(NC(=O)C2CCCN2C(=O)CNC=O)C1.CCC.COC(C)(C)C. The molecule has 0 aromatic rings. The van der Waals surface area contributed by atoms with Crippen LogP contribution in [0.15, 0.2) is 0 Å². The number of hydrogen-bond donors (Lipinski definition) is 3. The van der Waals surface area contributed by atoms with Crippen LogP contribution in [0.2, 0.25) is 0 Å². The molecule has 1 aliphatic carbocycles. The first-order chi connectivity index (χ1) is 15.7. The van der Waals surface area contributed by atoms with Gasteiger partial charge < -0.3 is 25.4 Å². The lowest BCUT2D eigenvalue weighted by molar-refractivity contribution is -0.140. The maximum atomic E-state index is 12.4. The molecule has 1 saturated carbocycles. The lowest BCUT2D eigenvalue weighted by Gasteiger charge is -2.46. The summed E-state index contributed by atoms with van der Waals surface area (Å²) in [6.45, 7) is 19.3. The molecule has 0 aromatic carbocycles. The van der Waals surface area contributed by atoms with Gasteiger partial charge in [0, 0.05) is 13.7 Å². The standard InChI is InChI=1S/C14H23N3O4.C5H12O.C4H10.C3H8.CH4/c1-10-5-14(6-10,8-18)16-13(21)11-3-2-4-17(11)12(20)7-15-9-19;1-5(2,3)6-4;1-4(2)3;1-3-2;/h9-11,18H,2-8H2,1H3,(H,15,19)(H,16,21);1-4H3;4H,1-3H3;3H2,1-2H3;1H4. The van der Waals surface area contributed by atoms with E-state index in [9.17, 15) is 19.5 Å². The van der Waals surface area contributed by atoms with Crippen LogP contribution in [0, 0.1) is 11.8 Å². The lowest BCUT2D eigenvalue weighted by Crippen LogP contribution is -2.62. The van der Waals surface area contributed by atoms with Crippen molar-refractivity contribution in [3.63, 3.8) is 0 Å². The molecular formula is C27H57N3O5. The van der Waals surface area contributed by atoms with Crippen molar-refractivity contribution < 1.29 is 24.2 Å². The molecule has 0 spiro atoms. The third-order valence-corrected chi connectivity index (χ3v) is 4.99. The van der Waals surface area contributed by atoms with Crippen LogP contribution in [-0.4, -0.2) is 72.2 Å². The monoisotopic (exact) mass is 503 g/mol. The van der Waals surface area contributed by atoms with Gasteiger partial charge in [0.05, 0.1) is 24.3 Å². The molecule has 3 amide bonds. The Morgan fingerprint density at radius 3 is 2.00 bits per heavy atom. The van der Waals surface area contributed by atoms with Gasteiger partial charge in [-0.3, -0.25) is 14.4 Å². The quantitative estimate of drug-likeness (QED) is 0.472.